The number of aliphatic hydroxyl groups is 2. The highest BCUT2D eigenvalue weighted by molar-refractivity contribution is 5.66. The van der Waals surface area contributed by atoms with E-state index in [1.54, 1.807) is 21.1 Å². The summed E-state index contributed by atoms with van der Waals surface area (Å²) in [6.45, 7) is 6.58. The largest absolute Gasteiger partial charge is 0.454 e. The Balaban J connectivity index is 1.70. The summed E-state index contributed by atoms with van der Waals surface area (Å²) in [7, 11) is 4.55. The molecular weight excluding hydrogens is 468 g/mol. The third-order valence-electron chi connectivity index (χ3n) is 6.79. The molecule has 204 valence electrons. The lowest BCUT2D eigenvalue weighted by molar-refractivity contribution is -0.350. The van der Waals surface area contributed by atoms with Gasteiger partial charge in [-0.15, -0.1) is 0 Å². The number of rotatable bonds is 8. The minimum atomic E-state index is -1.01. The van der Waals surface area contributed by atoms with E-state index in [1.165, 1.54) is 14.0 Å². The fourth-order valence-corrected chi connectivity index (χ4v) is 4.97. The Hall–Kier alpha value is -0.930. The molecule has 3 rings (SSSR count). The van der Waals surface area contributed by atoms with Crippen LogP contribution >= 0.6 is 0 Å². The SMILES string of the molecule is CO[C@H]1[C@@H](O)[C@@H](C)O[C@@H](O[C@H]2[C@@H](OC)C[C@H](O[C@H]3[C@@H](OC)CC(O)O[C@@H]3C)O[C@@H]2C)[C@@H]1OC(C)=O. The highest BCUT2D eigenvalue weighted by Gasteiger charge is 2.50. The van der Waals surface area contributed by atoms with Crippen molar-refractivity contribution in [2.75, 3.05) is 21.3 Å². The Kier molecular flexibility index (Phi) is 10.3. The van der Waals surface area contributed by atoms with Gasteiger partial charge in [0.2, 0.25) is 0 Å². The van der Waals surface area contributed by atoms with Gasteiger partial charge in [0.25, 0.3) is 0 Å². The van der Waals surface area contributed by atoms with Gasteiger partial charge in [-0.1, -0.05) is 0 Å². The number of esters is 1. The average Bonchev–Trinajstić information content (AvgIpc) is 2.79. The van der Waals surface area contributed by atoms with E-state index in [0.29, 0.717) is 6.42 Å². The normalized spacial score (nSPS) is 46.8. The molecular formula is C23H40O12. The molecule has 3 heterocycles. The summed E-state index contributed by atoms with van der Waals surface area (Å²) in [5.41, 5.74) is 0. The molecule has 3 saturated heterocycles. The summed E-state index contributed by atoms with van der Waals surface area (Å²) >= 11 is 0. The number of hydrogen-bond acceptors (Lipinski definition) is 12. The zero-order valence-corrected chi connectivity index (χ0v) is 21.4. The van der Waals surface area contributed by atoms with Crippen LogP contribution in [0.2, 0.25) is 0 Å². The van der Waals surface area contributed by atoms with Crippen LogP contribution in [-0.4, -0.2) is 117 Å². The Morgan fingerprint density at radius 2 is 1.34 bits per heavy atom. The topological polar surface area (TPSA) is 141 Å². The van der Waals surface area contributed by atoms with Gasteiger partial charge < -0.3 is 52.8 Å². The molecule has 0 saturated carbocycles. The number of methoxy groups -OCH3 is 3. The smallest absolute Gasteiger partial charge is 0.303 e. The Morgan fingerprint density at radius 1 is 0.743 bits per heavy atom. The van der Waals surface area contributed by atoms with Crippen LogP contribution < -0.4 is 0 Å². The third-order valence-corrected chi connectivity index (χ3v) is 6.79. The number of ether oxygens (including phenoxy) is 9. The van der Waals surface area contributed by atoms with Crippen LogP contribution in [0.5, 0.6) is 0 Å². The average molecular weight is 509 g/mol. The van der Waals surface area contributed by atoms with Crippen LogP contribution in [0.3, 0.4) is 0 Å². The summed E-state index contributed by atoms with van der Waals surface area (Å²) in [6.07, 6.45) is -8.14. The van der Waals surface area contributed by atoms with Gasteiger partial charge in [0.15, 0.2) is 25.0 Å². The van der Waals surface area contributed by atoms with Crippen LogP contribution in [0.25, 0.3) is 0 Å². The molecule has 3 fully saturated rings. The molecule has 0 amide bonds. The minimum absolute atomic E-state index is 0.286. The molecule has 1 unspecified atom stereocenters. The molecule has 0 radical (unpaired) electrons. The Bertz CT molecular complexity index is 679. The lowest BCUT2D eigenvalue weighted by atomic mass is 9.98. The number of carbonyl (C=O) groups excluding carboxylic acids is 1. The molecule has 3 aliphatic rings. The predicted molar refractivity (Wildman–Crippen MR) is 118 cm³/mol. The number of hydrogen-bond donors (Lipinski definition) is 2. The molecule has 12 heteroatoms. The molecule has 2 N–H and O–H groups in total. The fraction of sp³-hybridized carbons (Fsp3) is 0.957. The van der Waals surface area contributed by atoms with Gasteiger partial charge in [0.05, 0.1) is 30.5 Å². The van der Waals surface area contributed by atoms with Gasteiger partial charge in [-0.25, -0.2) is 0 Å². The van der Waals surface area contributed by atoms with Crippen molar-refractivity contribution >= 4 is 5.97 Å². The molecule has 35 heavy (non-hydrogen) atoms. The van der Waals surface area contributed by atoms with E-state index in [-0.39, 0.29) is 12.5 Å². The Labute approximate surface area is 206 Å². The van der Waals surface area contributed by atoms with Crippen LogP contribution in [0.15, 0.2) is 0 Å². The second-order valence-corrected chi connectivity index (χ2v) is 9.26. The number of aliphatic hydroxyl groups excluding tert-OH is 2. The van der Waals surface area contributed by atoms with Crippen LogP contribution in [-0.2, 0) is 47.4 Å². The van der Waals surface area contributed by atoms with E-state index in [9.17, 15) is 15.0 Å². The Morgan fingerprint density at radius 3 is 1.94 bits per heavy atom. The third kappa shape index (κ3) is 6.69. The van der Waals surface area contributed by atoms with E-state index in [1.807, 2.05) is 13.8 Å². The molecule has 0 aromatic carbocycles. The zero-order valence-electron chi connectivity index (χ0n) is 21.4. The lowest BCUT2D eigenvalue weighted by Crippen LogP contribution is -2.62. The zero-order chi connectivity index (χ0) is 25.9. The van der Waals surface area contributed by atoms with Gasteiger partial charge in [0, 0.05) is 41.1 Å². The molecule has 0 aliphatic carbocycles. The molecule has 3 aliphatic heterocycles. The first-order valence-electron chi connectivity index (χ1n) is 12.0. The van der Waals surface area contributed by atoms with Gasteiger partial charge >= 0.3 is 5.97 Å². The van der Waals surface area contributed by atoms with Crippen LogP contribution in [0.4, 0.5) is 0 Å². The maximum absolute atomic E-state index is 11.7. The van der Waals surface area contributed by atoms with Crippen molar-refractivity contribution in [1.29, 1.82) is 0 Å². The van der Waals surface area contributed by atoms with Crippen molar-refractivity contribution < 1.29 is 57.6 Å². The van der Waals surface area contributed by atoms with Crippen molar-refractivity contribution in [1.82, 2.24) is 0 Å². The highest BCUT2D eigenvalue weighted by atomic mass is 16.8. The van der Waals surface area contributed by atoms with Gasteiger partial charge in [-0.2, -0.15) is 0 Å². The second kappa shape index (κ2) is 12.5. The monoisotopic (exact) mass is 508 g/mol. The fourth-order valence-electron chi connectivity index (χ4n) is 4.97. The molecule has 0 aromatic rings. The van der Waals surface area contributed by atoms with Crippen molar-refractivity contribution in [3.05, 3.63) is 0 Å². The van der Waals surface area contributed by atoms with E-state index in [4.69, 9.17) is 42.6 Å². The highest BCUT2D eigenvalue weighted by Crippen LogP contribution is 2.34. The van der Waals surface area contributed by atoms with Gasteiger partial charge in [-0.3, -0.25) is 4.79 Å². The lowest BCUT2D eigenvalue weighted by Gasteiger charge is -2.47. The molecule has 0 aromatic heterocycles. The summed E-state index contributed by atoms with van der Waals surface area (Å²) in [6, 6.07) is 0. The summed E-state index contributed by atoms with van der Waals surface area (Å²) in [5, 5.41) is 20.3. The molecule has 0 bridgehead atoms. The van der Waals surface area contributed by atoms with Crippen molar-refractivity contribution in [2.45, 2.75) is 120 Å². The van der Waals surface area contributed by atoms with Crippen LogP contribution in [0, 0.1) is 0 Å². The standard InChI is InChI=1S/C23H40O12/c1-10-18(26)21(29-7)22(33-13(4)24)23(32-10)35-20-12(3)31-17(9-15(20)28-6)34-19-11(2)30-16(25)8-14(19)27-5/h10-12,14-23,25-26H,8-9H2,1-7H3/t10-,11-,12-,14+,15+,16?,17+,18+,19-,20-,21+,22-,23+/m1/s1. The van der Waals surface area contributed by atoms with Crippen molar-refractivity contribution in [3.8, 4) is 0 Å². The van der Waals surface area contributed by atoms with Gasteiger partial charge in [0.1, 0.15) is 24.4 Å². The maximum atomic E-state index is 11.7. The second-order valence-electron chi connectivity index (χ2n) is 9.26. The quantitative estimate of drug-likeness (QED) is 0.430. The first-order valence-corrected chi connectivity index (χ1v) is 12.0. The maximum Gasteiger partial charge on any atom is 0.303 e. The minimum Gasteiger partial charge on any atom is -0.454 e. The van der Waals surface area contributed by atoms with Crippen molar-refractivity contribution in [3.63, 3.8) is 0 Å². The van der Waals surface area contributed by atoms with Crippen molar-refractivity contribution in [2.24, 2.45) is 0 Å². The van der Waals surface area contributed by atoms with E-state index in [2.05, 4.69) is 0 Å². The summed E-state index contributed by atoms with van der Waals surface area (Å²) in [4.78, 5) is 11.7. The van der Waals surface area contributed by atoms with Crippen LogP contribution in [0.1, 0.15) is 40.5 Å². The summed E-state index contributed by atoms with van der Waals surface area (Å²) in [5.74, 6) is -0.553. The first kappa shape index (κ1) is 28.6. The van der Waals surface area contributed by atoms with E-state index in [0.717, 1.165) is 0 Å². The first-order chi connectivity index (χ1) is 16.6. The number of carbonyl (C=O) groups is 1. The summed E-state index contributed by atoms with van der Waals surface area (Å²) < 4.78 is 52.0. The predicted octanol–water partition coefficient (Wildman–Crippen LogP) is 0.101. The molecule has 13 atom stereocenters. The van der Waals surface area contributed by atoms with E-state index >= 15 is 0 Å². The van der Waals surface area contributed by atoms with E-state index < -0.39 is 79.8 Å². The van der Waals surface area contributed by atoms with Gasteiger partial charge in [-0.05, 0) is 20.8 Å². The molecule has 12 nitrogen and oxygen atoms in total. The molecule has 0 spiro atoms.